The summed E-state index contributed by atoms with van der Waals surface area (Å²) >= 11 is 12.9. The lowest BCUT2D eigenvalue weighted by Gasteiger charge is -2.14. The van der Waals surface area contributed by atoms with Gasteiger partial charge in [-0.2, -0.15) is 0 Å². The maximum Gasteiger partial charge on any atom is 0.293 e. The van der Waals surface area contributed by atoms with Crippen LogP contribution in [0.3, 0.4) is 0 Å². The Bertz CT molecular complexity index is 1210. The number of amides is 2. The summed E-state index contributed by atoms with van der Waals surface area (Å²) in [6.45, 7) is 2.60. The molecule has 4 rings (SSSR count). The maximum absolute atomic E-state index is 12.8. The fraction of sp³-hybridized carbons (Fsp3) is 0.120. The van der Waals surface area contributed by atoms with Gasteiger partial charge < -0.3 is 4.74 Å². The third kappa shape index (κ3) is 5.18. The molecule has 0 atom stereocenters. The van der Waals surface area contributed by atoms with Crippen LogP contribution in [0.4, 0.5) is 4.79 Å². The number of ether oxygens (including phenoxy) is 1. The highest BCUT2D eigenvalue weighted by Crippen LogP contribution is 2.34. The first-order valence-corrected chi connectivity index (χ1v) is 11.4. The Kier molecular flexibility index (Phi) is 6.89. The molecule has 162 valence electrons. The van der Waals surface area contributed by atoms with Gasteiger partial charge in [0.05, 0.1) is 21.5 Å². The van der Waals surface area contributed by atoms with Crippen molar-refractivity contribution in [3.05, 3.63) is 104 Å². The Morgan fingerprint density at radius 1 is 0.969 bits per heavy atom. The highest BCUT2D eigenvalue weighted by atomic mass is 35.5. The number of imide groups is 1. The molecule has 2 amide bonds. The standard InChI is InChI=1S/C25H19Cl2NO3S/c1-16-4-2-3-5-19(16)14-28-24(29)23(32-25(28)30)13-17-6-9-20(10-7-17)31-15-18-8-11-21(26)22(27)12-18/h2-13H,14-15H2,1H3/b23-13-. The average Bonchev–Trinajstić information content (AvgIpc) is 3.04. The summed E-state index contributed by atoms with van der Waals surface area (Å²) in [7, 11) is 0. The molecule has 0 N–H and O–H groups in total. The Morgan fingerprint density at radius 3 is 2.44 bits per heavy atom. The number of carbonyl (C=O) groups is 2. The number of rotatable bonds is 6. The van der Waals surface area contributed by atoms with Gasteiger partial charge in [0.25, 0.3) is 11.1 Å². The lowest BCUT2D eigenvalue weighted by Crippen LogP contribution is -2.27. The molecule has 1 fully saturated rings. The van der Waals surface area contributed by atoms with Crippen LogP contribution in [-0.2, 0) is 17.9 Å². The minimum Gasteiger partial charge on any atom is -0.489 e. The van der Waals surface area contributed by atoms with Gasteiger partial charge in [-0.3, -0.25) is 14.5 Å². The van der Waals surface area contributed by atoms with E-state index in [1.807, 2.05) is 61.5 Å². The number of thioether (sulfide) groups is 1. The molecule has 32 heavy (non-hydrogen) atoms. The van der Waals surface area contributed by atoms with Crippen molar-refractivity contribution in [2.75, 3.05) is 0 Å². The monoisotopic (exact) mass is 483 g/mol. The summed E-state index contributed by atoms with van der Waals surface area (Å²) in [6, 6.07) is 20.4. The van der Waals surface area contributed by atoms with Crippen molar-refractivity contribution in [1.82, 2.24) is 4.90 Å². The largest absolute Gasteiger partial charge is 0.489 e. The average molecular weight is 484 g/mol. The fourth-order valence-corrected chi connectivity index (χ4v) is 4.36. The van der Waals surface area contributed by atoms with Crippen LogP contribution >= 0.6 is 35.0 Å². The molecule has 0 saturated carbocycles. The van der Waals surface area contributed by atoms with Gasteiger partial charge in [0.2, 0.25) is 0 Å². The van der Waals surface area contributed by atoms with E-state index in [4.69, 9.17) is 27.9 Å². The fourth-order valence-electron chi connectivity index (χ4n) is 3.20. The lowest BCUT2D eigenvalue weighted by molar-refractivity contribution is -0.123. The van der Waals surface area contributed by atoms with E-state index in [0.717, 1.165) is 34.0 Å². The van der Waals surface area contributed by atoms with E-state index in [2.05, 4.69) is 0 Å². The molecule has 0 radical (unpaired) electrons. The van der Waals surface area contributed by atoms with Crippen molar-refractivity contribution in [3.8, 4) is 5.75 Å². The summed E-state index contributed by atoms with van der Waals surface area (Å²) in [6.07, 6.45) is 1.73. The first kappa shape index (κ1) is 22.5. The van der Waals surface area contributed by atoms with Crippen molar-refractivity contribution in [2.24, 2.45) is 0 Å². The van der Waals surface area contributed by atoms with E-state index in [0.29, 0.717) is 27.3 Å². The number of hydrogen-bond donors (Lipinski definition) is 0. The molecule has 1 aliphatic rings. The minimum atomic E-state index is -0.275. The normalized spacial score (nSPS) is 15.0. The van der Waals surface area contributed by atoms with Gasteiger partial charge >= 0.3 is 0 Å². The molecule has 0 bridgehead atoms. The van der Waals surface area contributed by atoms with Gasteiger partial charge in [0, 0.05) is 0 Å². The van der Waals surface area contributed by atoms with Crippen LogP contribution in [0.1, 0.15) is 22.3 Å². The molecule has 1 saturated heterocycles. The molecule has 1 aliphatic heterocycles. The summed E-state index contributed by atoms with van der Waals surface area (Å²) in [5.41, 5.74) is 3.73. The van der Waals surface area contributed by atoms with Crippen LogP contribution in [0, 0.1) is 6.92 Å². The van der Waals surface area contributed by atoms with E-state index in [1.165, 1.54) is 4.90 Å². The lowest BCUT2D eigenvalue weighted by atomic mass is 10.1. The maximum atomic E-state index is 12.8. The van der Waals surface area contributed by atoms with E-state index in [-0.39, 0.29) is 17.7 Å². The Labute approximate surface area is 200 Å². The second-order valence-electron chi connectivity index (χ2n) is 7.30. The molecular weight excluding hydrogens is 465 g/mol. The Morgan fingerprint density at radius 2 is 1.72 bits per heavy atom. The van der Waals surface area contributed by atoms with Crippen LogP contribution in [0.15, 0.2) is 71.6 Å². The van der Waals surface area contributed by atoms with Gasteiger partial charge in [0.1, 0.15) is 12.4 Å². The zero-order chi connectivity index (χ0) is 22.7. The molecule has 7 heteroatoms. The second kappa shape index (κ2) is 9.82. The summed E-state index contributed by atoms with van der Waals surface area (Å²) < 4.78 is 5.79. The van der Waals surface area contributed by atoms with Gasteiger partial charge in [-0.25, -0.2) is 0 Å². The van der Waals surface area contributed by atoms with Crippen LogP contribution < -0.4 is 4.74 Å². The van der Waals surface area contributed by atoms with Crippen molar-refractivity contribution in [2.45, 2.75) is 20.1 Å². The third-order valence-electron chi connectivity index (χ3n) is 5.03. The molecule has 3 aromatic carbocycles. The predicted octanol–water partition coefficient (Wildman–Crippen LogP) is 7.12. The summed E-state index contributed by atoms with van der Waals surface area (Å²) in [5, 5.41) is 0.730. The number of benzene rings is 3. The van der Waals surface area contributed by atoms with Crippen LogP contribution in [0.25, 0.3) is 6.08 Å². The zero-order valence-corrected chi connectivity index (χ0v) is 19.5. The molecule has 0 aliphatic carbocycles. The quantitative estimate of drug-likeness (QED) is 0.350. The highest BCUT2D eigenvalue weighted by Gasteiger charge is 2.35. The number of halogens is 2. The van der Waals surface area contributed by atoms with Gasteiger partial charge in [-0.1, -0.05) is 65.7 Å². The first-order valence-electron chi connectivity index (χ1n) is 9.87. The van der Waals surface area contributed by atoms with Gasteiger partial charge in [-0.15, -0.1) is 0 Å². The highest BCUT2D eigenvalue weighted by molar-refractivity contribution is 8.18. The van der Waals surface area contributed by atoms with E-state index in [1.54, 1.807) is 18.2 Å². The van der Waals surface area contributed by atoms with Crippen LogP contribution in [-0.4, -0.2) is 16.0 Å². The Balaban J connectivity index is 1.41. The number of aryl methyl sites for hydroxylation is 1. The molecule has 0 aromatic heterocycles. The topological polar surface area (TPSA) is 46.6 Å². The number of carbonyl (C=O) groups excluding carboxylic acids is 2. The second-order valence-corrected chi connectivity index (χ2v) is 9.11. The zero-order valence-electron chi connectivity index (χ0n) is 17.2. The minimum absolute atomic E-state index is 0.258. The molecular formula is C25H19Cl2NO3S. The van der Waals surface area contributed by atoms with Crippen molar-refractivity contribution in [1.29, 1.82) is 0 Å². The molecule has 4 nitrogen and oxygen atoms in total. The molecule has 0 spiro atoms. The van der Waals surface area contributed by atoms with Crippen LogP contribution in [0.2, 0.25) is 10.0 Å². The number of hydrogen-bond acceptors (Lipinski definition) is 4. The summed E-state index contributed by atoms with van der Waals surface area (Å²) in [4.78, 5) is 26.9. The van der Waals surface area contributed by atoms with Crippen molar-refractivity contribution >= 4 is 52.2 Å². The van der Waals surface area contributed by atoms with Crippen molar-refractivity contribution < 1.29 is 14.3 Å². The molecule has 3 aromatic rings. The van der Waals surface area contributed by atoms with E-state index < -0.39 is 0 Å². The van der Waals surface area contributed by atoms with Gasteiger partial charge in [-0.05, 0) is 71.3 Å². The summed E-state index contributed by atoms with van der Waals surface area (Å²) in [5.74, 6) is 0.407. The SMILES string of the molecule is Cc1ccccc1CN1C(=O)S/C(=C\c2ccc(OCc3ccc(Cl)c(Cl)c3)cc2)C1=O. The first-order chi connectivity index (χ1) is 15.4. The number of nitrogens with zero attached hydrogens (tertiary/aromatic N) is 1. The predicted molar refractivity (Wildman–Crippen MR) is 130 cm³/mol. The van der Waals surface area contributed by atoms with E-state index in [9.17, 15) is 9.59 Å². The van der Waals surface area contributed by atoms with E-state index >= 15 is 0 Å². The molecule has 1 heterocycles. The smallest absolute Gasteiger partial charge is 0.293 e. The van der Waals surface area contributed by atoms with Crippen molar-refractivity contribution in [3.63, 3.8) is 0 Å². The van der Waals surface area contributed by atoms with Crippen LogP contribution in [0.5, 0.6) is 5.75 Å². The van der Waals surface area contributed by atoms with Gasteiger partial charge in [0.15, 0.2) is 0 Å². The third-order valence-corrected chi connectivity index (χ3v) is 6.68. The molecule has 0 unspecified atom stereocenters. The Hall–Kier alpha value is -2.73.